The van der Waals surface area contributed by atoms with Crippen LogP contribution < -0.4 is 10.1 Å². The van der Waals surface area contributed by atoms with Crippen molar-refractivity contribution in [1.82, 2.24) is 10.2 Å². The highest BCUT2D eigenvalue weighted by molar-refractivity contribution is 5.37. The highest BCUT2D eigenvalue weighted by Crippen LogP contribution is 2.21. The molecule has 0 fully saturated rings. The number of nitrogens with one attached hydrogen (secondary N) is 1. The summed E-state index contributed by atoms with van der Waals surface area (Å²) in [4.78, 5) is 2.26. The van der Waals surface area contributed by atoms with E-state index in [9.17, 15) is 0 Å². The van der Waals surface area contributed by atoms with Gasteiger partial charge in [-0.25, -0.2) is 0 Å². The first kappa shape index (κ1) is 18.0. The van der Waals surface area contributed by atoms with Crippen molar-refractivity contribution in [3.63, 3.8) is 0 Å². The average molecular weight is 294 g/mol. The second kappa shape index (κ2) is 10.6. The zero-order valence-corrected chi connectivity index (χ0v) is 13.9. The summed E-state index contributed by atoms with van der Waals surface area (Å²) >= 11 is 0. The van der Waals surface area contributed by atoms with Crippen LogP contribution in [0.1, 0.15) is 31.4 Å². The van der Waals surface area contributed by atoms with Crippen molar-refractivity contribution in [1.29, 1.82) is 0 Å². The van der Waals surface area contributed by atoms with Crippen molar-refractivity contribution >= 4 is 0 Å². The van der Waals surface area contributed by atoms with Crippen molar-refractivity contribution in [3.8, 4) is 5.75 Å². The SMILES string of the molecule is CCCNCc1ccc(OC)c(CN(C)CCOCC)c1. The fourth-order valence-electron chi connectivity index (χ4n) is 2.21. The Morgan fingerprint density at radius 1 is 1.24 bits per heavy atom. The summed E-state index contributed by atoms with van der Waals surface area (Å²) in [5, 5.41) is 3.44. The molecule has 0 aliphatic heterocycles. The quantitative estimate of drug-likeness (QED) is 0.636. The molecule has 0 bridgehead atoms. The molecule has 0 amide bonds. The molecule has 0 spiro atoms. The van der Waals surface area contributed by atoms with Crippen molar-refractivity contribution in [2.45, 2.75) is 33.4 Å². The van der Waals surface area contributed by atoms with Gasteiger partial charge in [0.25, 0.3) is 0 Å². The molecule has 0 unspecified atom stereocenters. The number of hydrogen-bond acceptors (Lipinski definition) is 4. The van der Waals surface area contributed by atoms with Crippen LogP contribution in [0, 0.1) is 0 Å². The van der Waals surface area contributed by atoms with E-state index in [2.05, 4.69) is 42.4 Å². The van der Waals surface area contributed by atoms with Crippen LogP contribution in [-0.2, 0) is 17.8 Å². The topological polar surface area (TPSA) is 33.7 Å². The normalized spacial score (nSPS) is 11.1. The molecule has 120 valence electrons. The first-order chi connectivity index (χ1) is 10.2. The smallest absolute Gasteiger partial charge is 0.123 e. The predicted molar refractivity (Wildman–Crippen MR) is 87.8 cm³/mol. The summed E-state index contributed by atoms with van der Waals surface area (Å²) in [6.07, 6.45) is 1.16. The lowest BCUT2D eigenvalue weighted by molar-refractivity contribution is 0.120. The van der Waals surface area contributed by atoms with E-state index >= 15 is 0 Å². The van der Waals surface area contributed by atoms with E-state index in [1.807, 2.05) is 6.92 Å². The zero-order chi connectivity index (χ0) is 15.5. The fraction of sp³-hybridized carbons (Fsp3) is 0.647. The summed E-state index contributed by atoms with van der Waals surface area (Å²) < 4.78 is 10.9. The molecule has 4 nitrogen and oxygen atoms in total. The van der Waals surface area contributed by atoms with Crippen LogP contribution in [0.15, 0.2) is 18.2 Å². The molecule has 21 heavy (non-hydrogen) atoms. The minimum absolute atomic E-state index is 0.771. The van der Waals surface area contributed by atoms with Gasteiger partial charge in [0.1, 0.15) is 5.75 Å². The maximum atomic E-state index is 5.47. The Kier molecular flexibility index (Phi) is 9.06. The van der Waals surface area contributed by atoms with Gasteiger partial charge < -0.3 is 14.8 Å². The van der Waals surface area contributed by atoms with E-state index in [-0.39, 0.29) is 0 Å². The van der Waals surface area contributed by atoms with Gasteiger partial charge in [-0.15, -0.1) is 0 Å². The molecular weight excluding hydrogens is 264 g/mol. The van der Waals surface area contributed by atoms with E-state index in [1.165, 1.54) is 11.1 Å². The Bertz CT molecular complexity index is 396. The molecule has 0 saturated carbocycles. The Morgan fingerprint density at radius 3 is 2.71 bits per heavy atom. The molecule has 0 aromatic heterocycles. The predicted octanol–water partition coefficient (Wildman–Crippen LogP) is 2.66. The van der Waals surface area contributed by atoms with Crippen LogP contribution in [0.5, 0.6) is 5.75 Å². The minimum Gasteiger partial charge on any atom is -0.496 e. The van der Waals surface area contributed by atoms with Gasteiger partial charge in [-0.2, -0.15) is 0 Å². The second-order valence-electron chi connectivity index (χ2n) is 5.26. The highest BCUT2D eigenvalue weighted by atomic mass is 16.5. The number of hydrogen-bond donors (Lipinski definition) is 1. The standard InChI is InChI=1S/C17H30N2O2/c1-5-9-18-13-15-7-8-17(20-4)16(12-15)14-19(3)10-11-21-6-2/h7-8,12,18H,5-6,9-11,13-14H2,1-4H3. The summed E-state index contributed by atoms with van der Waals surface area (Å²) in [6.45, 7) is 9.51. The fourth-order valence-corrected chi connectivity index (χ4v) is 2.21. The van der Waals surface area contributed by atoms with Crippen LogP contribution in [0.4, 0.5) is 0 Å². The van der Waals surface area contributed by atoms with E-state index < -0.39 is 0 Å². The Hall–Kier alpha value is -1.10. The maximum absolute atomic E-state index is 5.47. The van der Waals surface area contributed by atoms with Crippen molar-refractivity contribution in [3.05, 3.63) is 29.3 Å². The molecule has 0 aliphatic rings. The Morgan fingerprint density at radius 2 is 2.05 bits per heavy atom. The Labute approximate surface area is 129 Å². The van der Waals surface area contributed by atoms with Gasteiger partial charge >= 0.3 is 0 Å². The first-order valence-corrected chi connectivity index (χ1v) is 7.84. The van der Waals surface area contributed by atoms with E-state index in [4.69, 9.17) is 9.47 Å². The summed E-state index contributed by atoms with van der Waals surface area (Å²) in [7, 11) is 3.84. The van der Waals surface area contributed by atoms with Crippen LogP contribution in [-0.4, -0.2) is 45.4 Å². The monoisotopic (exact) mass is 294 g/mol. The van der Waals surface area contributed by atoms with Gasteiger partial charge in [0.2, 0.25) is 0 Å². The van der Waals surface area contributed by atoms with Gasteiger partial charge in [0.05, 0.1) is 13.7 Å². The first-order valence-electron chi connectivity index (χ1n) is 7.84. The largest absolute Gasteiger partial charge is 0.496 e. The van der Waals surface area contributed by atoms with Gasteiger partial charge in [-0.05, 0) is 44.6 Å². The van der Waals surface area contributed by atoms with Gasteiger partial charge in [0, 0.05) is 31.8 Å². The third kappa shape index (κ3) is 6.93. The minimum atomic E-state index is 0.771. The molecule has 0 heterocycles. The molecule has 0 atom stereocenters. The van der Waals surface area contributed by atoms with Gasteiger partial charge in [-0.3, -0.25) is 4.90 Å². The van der Waals surface area contributed by atoms with Crippen LogP contribution in [0.25, 0.3) is 0 Å². The third-order valence-electron chi connectivity index (χ3n) is 3.36. The van der Waals surface area contributed by atoms with Gasteiger partial charge in [-0.1, -0.05) is 13.0 Å². The Balaban J connectivity index is 2.62. The molecule has 0 aliphatic carbocycles. The number of methoxy groups -OCH3 is 1. The number of ether oxygens (including phenoxy) is 2. The number of rotatable bonds is 11. The lowest BCUT2D eigenvalue weighted by atomic mass is 10.1. The molecule has 0 saturated heterocycles. The third-order valence-corrected chi connectivity index (χ3v) is 3.36. The summed E-state index contributed by atoms with van der Waals surface area (Å²) in [5.74, 6) is 0.956. The van der Waals surface area contributed by atoms with E-state index in [1.54, 1.807) is 7.11 Å². The lowest BCUT2D eigenvalue weighted by Gasteiger charge is -2.19. The summed E-state index contributed by atoms with van der Waals surface area (Å²) in [5.41, 5.74) is 2.53. The molecule has 0 radical (unpaired) electrons. The molecule has 1 rings (SSSR count). The van der Waals surface area contributed by atoms with Crippen molar-refractivity contribution in [2.75, 3.05) is 40.5 Å². The van der Waals surface area contributed by atoms with E-state index in [0.717, 1.165) is 51.6 Å². The van der Waals surface area contributed by atoms with Crippen LogP contribution in [0.3, 0.4) is 0 Å². The number of likely N-dealkylation sites (N-methyl/N-ethyl adjacent to an activating group) is 1. The highest BCUT2D eigenvalue weighted by Gasteiger charge is 2.08. The van der Waals surface area contributed by atoms with Gasteiger partial charge in [0.15, 0.2) is 0 Å². The average Bonchev–Trinajstić information content (AvgIpc) is 2.48. The second-order valence-corrected chi connectivity index (χ2v) is 5.26. The van der Waals surface area contributed by atoms with Crippen LogP contribution in [0.2, 0.25) is 0 Å². The molecule has 1 aromatic carbocycles. The number of benzene rings is 1. The summed E-state index contributed by atoms with van der Waals surface area (Å²) in [6, 6.07) is 6.43. The zero-order valence-electron chi connectivity index (χ0n) is 13.9. The van der Waals surface area contributed by atoms with Crippen molar-refractivity contribution < 1.29 is 9.47 Å². The molecule has 1 N–H and O–H groups in total. The molecular formula is C17H30N2O2. The lowest BCUT2D eigenvalue weighted by Crippen LogP contribution is -2.23. The van der Waals surface area contributed by atoms with Crippen LogP contribution >= 0.6 is 0 Å². The molecule has 1 aromatic rings. The number of nitrogens with zero attached hydrogens (tertiary/aromatic N) is 1. The maximum Gasteiger partial charge on any atom is 0.123 e. The van der Waals surface area contributed by atoms with E-state index in [0.29, 0.717) is 0 Å². The molecule has 4 heteroatoms. The van der Waals surface area contributed by atoms with Crippen molar-refractivity contribution in [2.24, 2.45) is 0 Å².